The fraction of sp³-hybridized carbons (Fsp3) is 0.333. The summed E-state index contributed by atoms with van der Waals surface area (Å²) in [5.41, 5.74) is 2.47. The van der Waals surface area contributed by atoms with E-state index in [1.165, 1.54) is 11.1 Å². The molecule has 1 unspecified atom stereocenters. The van der Waals surface area contributed by atoms with Gasteiger partial charge < -0.3 is 14.5 Å². The zero-order chi connectivity index (χ0) is 12.8. The van der Waals surface area contributed by atoms with Crippen LogP contribution in [0.15, 0.2) is 47.3 Å². The highest BCUT2D eigenvalue weighted by atomic mass is 16.5. The summed E-state index contributed by atoms with van der Waals surface area (Å²) in [6.45, 7) is 3.05. The second-order valence-electron chi connectivity index (χ2n) is 4.22. The van der Waals surface area contributed by atoms with Crippen LogP contribution in [0.4, 0.5) is 0 Å². The minimum atomic E-state index is 0.294. The molecule has 0 saturated heterocycles. The van der Waals surface area contributed by atoms with Gasteiger partial charge in [0.15, 0.2) is 0 Å². The summed E-state index contributed by atoms with van der Waals surface area (Å²) >= 11 is 0. The molecule has 0 amide bonds. The zero-order valence-corrected chi connectivity index (χ0v) is 10.8. The number of ether oxygens (including phenoxy) is 1. The third kappa shape index (κ3) is 3.14. The molecular weight excluding hydrogens is 226 g/mol. The minimum absolute atomic E-state index is 0.294. The molecule has 0 bridgehead atoms. The fourth-order valence-electron chi connectivity index (χ4n) is 2.02. The van der Waals surface area contributed by atoms with E-state index in [1.807, 2.05) is 18.2 Å². The minimum Gasteiger partial charge on any atom is -0.497 e. The summed E-state index contributed by atoms with van der Waals surface area (Å²) in [6, 6.07) is 10.5. The molecule has 1 N–H and O–H groups in total. The van der Waals surface area contributed by atoms with Crippen molar-refractivity contribution < 1.29 is 9.15 Å². The summed E-state index contributed by atoms with van der Waals surface area (Å²) in [5.74, 6) is 0.891. The van der Waals surface area contributed by atoms with E-state index in [4.69, 9.17) is 9.15 Å². The van der Waals surface area contributed by atoms with Crippen molar-refractivity contribution >= 4 is 0 Å². The Kier molecular flexibility index (Phi) is 4.42. The van der Waals surface area contributed by atoms with Gasteiger partial charge in [0.2, 0.25) is 0 Å². The molecule has 2 rings (SSSR count). The molecule has 0 saturated carbocycles. The van der Waals surface area contributed by atoms with Crippen molar-refractivity contribution in [3.63, 3.8) is 0 Å². The molecule has 3 nitrogen and oxygen atoms in total. The molecule has 1 aromatic heterocycles. The number of rotatable bonds is 6. The molecule has 0 aliphatic carbocycles. The maximum Gasteiger partial charge on any atom is 0.118 e. The first-order valence-electron chi connectivity index (χ1n) is 6.22. The van der Waals surface area contributed by atoms with Gasteiger partial charge in [-0.25, -0.2) is 0 Å². The molecule has 2 aromatic rings. The molecule has 0 fully saturated rings. The molecule has 96 valence electrons. The SMILES string of the molecule is CCNC(Cc1ccc(OC)cc1)c1ccoc1. The Morgan fingerprint density at radius 1 is 1.22 bits per heavy atom. The van der Waals surface area contributed by atoms with Crippen molar-refractivity contribution in [1.82, 2.24) is 5.32 Å². The third-order valence-corrected chi connectivity index (χ3v) is 2.99. The first-order valence-corrected chi connectivity index (χ1v) is 6.22. The predicted octanol–water partition coefficient (Wildman–Crippen LogP) is 3.18. The van der Waals surface area contributed by atoms with Crippen molar-refractivity contribution in [3.8, 4) is 5.75 Å². The highest BCUT2D eigenvalue weighted by molar-refractivity contribution is 5.28. The average molecular weight is 245 g/mol. The second kappa shape index (κ2) is 6.26. The van der Waals surface area contributed by atoms with E-state index < -0.39 is 0 Å². The molecular formula is C15H19NO2. The standard InChI is InChI=1S/C15H19NO2/c1-3-16-15(13-8-9-18-11-13)10-12-4-6-14(17-2)7-5-12/h4-9,11,15-16H,3,10H2,1-2H3. The van der Waals surface area contributed by atoms with E-state index in [0.717, 1.165) is 18.7 Å². The highest BCUT2D eigenvalue weighted by Gasteiger charge is 2.12. The first kappa shape index (κ1) is 12.7. The molecule has 0 radical (unpaired) electrons. The Morgan fingerprint density at radius 3 is 2.56 bits per heavy atom. The molecule has 1 heterocycles. The molecule has 1 atom stereocenters. The van der Waals surface area contributed by atoms with Gasteiger partial charge in [-0.05, 0) is 36.7 Å². The first-order chi connectivity index (χ1) is 8.83. The number of likely N-dealkylation sites (N-methyl/N-ethyl adjacent to an activating group) is 1. The molecule has 1 aromatic carbocycles. The Hall–Kier alpha value is -1.74. The lowest BCUT2D eigenvalue weighted by Gasteiger charge is -2.16. The fourth-order valence-corrected chi connectivity index (χ4v) is 2.02. The van der Waals surface area contributed by atoms with Crippen LogP contribution < -0.4 is 10.1 Å². The van der Waals surface area contributed by atoms with E-state index in [-0.39, 0.29) is 0 Å². The lowest BCUT2D eigenvalue weighted by molar-refractivity contribution is 0.414. The number of hydrogen-bond acceptors (Lipinski definition) is 3. The number of furan rings is 1. The summed E-state index contributed by atoms with van der Waals surface area (Å²) in [6.07, 6.45) is 4.46. The molecule has 0 aliphatic rings. The average Bonchev–Trinajstić information content (AvgIpc) is 2.93. The number of benzene rings is 1. The quantitative estimate of drug-likeness (QED) is 0.848. The van der Waals surface area contributed by atoms with Crippen LogP contribution in [0.1, 0.15) is 24.1 Å². The monoisotopic (exact) mass is 245 g/mol. The third-order valence-electron chi connectivity index (χ3n) is 2.99. The number of nitrogens with one attached hydrogen (secondary N) is 1. The topological polar surface area (TPSA) is 34.4 Å². The van der Waals surface area contributed by atoms with Crippen LogP contribution in [-0.4, -0.2) is 13.7 Å². The van der Waals surface area contributed by atoms with Gasteiger partial charge >= 0.3 is 0 Å². The predicted molar refractivity (Wildman–Crippen MR) is 71.8 cm³/mol. The van der Waals surface area contributed by atoms with Crippen molar-refractivity contribution in [2.24, 2.45) is 0 Å². The van der Waals surface area contributed by atoms with E-state index in [9.17, 15) is 0 Å². The van der Waals surface area contributed by atoms with Gasteiger partial charge in [0.1, 0.15) is 5.75 Å². The van der Waals surface area contributed by atoms with Crippen LogP contribution in [0.3, 0.4) is 0 Å². The van der Waals surface area contributed by atoms with Gasteiger partial charge in [-0.15, -0.1) is 0 Å². The molecule has 0 aliphatic heterocycles. The van der Waals surface area contributed by atoms with Crippen molar-refractivity contribution in [2.45, 2.75) is 19.4 Å². The highest BCUT2D eigenvalue weighted by Crippen LogP contribution is 2.20. The zero-order valence-electron chi connectivity index (χ0n) is 10.8. The maximum absolute atomic E-state index is 5.16. The van der Waals surface area contributed by atoms with E-state index >= 15 is 0 Å². The van der Waals surface area contributed by atoms with Gasteiger partial charge in [-0.2, -0.15) is 0 Å². The second-order valence-corrected chi connectivity index (χ2v) is 4.22. The molecule has 0 spiro atoms. The summed E-state index contributed by atoms with van der Waals surface area (Å²) < 4.78 is 10.3. The largest absolute Gasteiger partial charge is 0.497 e. The van der Waals surface area contributed by atoms with Crippen LogP contribution in [-0.2, 0) is 6.42 Å². The summed E-state index contributed by atoms with van der Waals surface area (Å²) in [4.78, 5) is 0. The summed E-state index contributed by atoms with van der Waals surface area (Å²) in [5, 5.41) is 3.47. The lowest BCUT2D eigenvalue weighted by Crippen LogP contribution is -2.22. The maximum atomic E-state index is 5.16. The lowest BCUT2D eigenvalue weighted by atomic mass is 10.0. The van der Waals surface area contributed by atoms with Gasteiger partial charge in [0.25, 0.3) is 0 Å². The van der Waals surface area contributed by atoms with E-state index in [0.29, 0.717) is 6.04 Å². The van der Waals surface area contributed by atoms with Gasteiger partial charge in [-0.3, -0.25) is 0 Å². The normalized spacial score (nSPS) is 12.3. The Labute approximate surface area is 108 Å². The van der Waals surface area contributed by atoms with Crippen molar-refractivity contribution in [1.29, 1.82) is 0 Å². The van der Waals surface area contributed by atoms with Gasteiger partial charge in [-0.1, -0.05) is 19.1 Å². The van der Waals surface area contributed by atoms with E-state index in [1.54, 1.807) is 19.6 Å². The van der Waals surface area contributed by atoms with Crippen LogP contribution in [0.2, 0.25) is 0 Å². The van der Waals surface area contributed by atoms with Crippen molar-refractivity contribution in [2.75, 3.05) is 13.7 Å². The van der Waals surface area contributed by atoms with E-state index in [2.05, 4.69) is 24.4 Å². The Morgan fingerprint density at radius 2 is 2.00 bits per heavy atom. The van der Waals surface area contributed by atoms with Crippen molar-refractivity contribution in [3.05, 3.63) is 54.0 Å². The number of hydrogen-bond donors (Lipinski definition) is 1. The molecule has 18 heavy (non-hydrogen) atoms. The van der Waals surface area contributed by atoms with Gasteiger partial charge in [0, 0.05) is 11.6 Å². The summed E-state index contributed by atoms with van der Waals surface area (Å²) in [7, 11) is 1.68. The van der Waals surface area contributed by atoms with Crippen LogP contribution in [0.5, 0.6) is 5.75 Å². The molecule has 3 heteroatoms. The number of methoxy groups -OCH3 is 1. The van der Waals surface area contributed by atoms with Crippen LogP contribution in [0, 0.1) is 0 Å². The Bertz CT molecular complexity index is 448. The Balaban J connectivity index is 2.08. The van der Waals surface area contributed by atoms with Gasteiger partial charge in [0.05, 0.1) is 19.6 Å². The smallest absolute Gasteiger partial charge is 0.118 e. The van der Waals surface area contributed by atoms with Crippen LogP contribution >= 0.6 is 0 Å². The van der Waals surface area contributed by atoms with Crippen LogP contribution in [0.25, 0.3) is 0 Å².